The quantitative estimate of drug-likeness (QED) is 0.880. The van der Waals surface area contributed by atoms with Crippen molar-refractivity contribution in [2.45, 2.75) is 20.0 Å². The highest BCUT2D eigenvalue weighted by atomic mass is 35.5. The van der Waals surface area contributed by atoms with Crippen LogP contribution < -0.4 is 5.32 Å². The number of methoxy groups -OCH3 is 1. The Morgan fingerprint density at radius 2 is 2.10 bits per heavy atom. The first-order valence-corrected chi connectivity index (χ1v) is 6.97. The highest BCUT2D eigenvalue weighted by Gasteiger charge is 2.07. The van der Waals surface area contributed by atoms with Gasteiger partial charge >= 0.3 is 0 Å². The fourth-order valence-electron chi connectivity index (χ4n) is 1.82. The van der Waals surface area contributed by atoms with Crippen molar-refractivity contribution in [3.05, 3.63) is 41.0 Å². The van der Waals surface area contributed by atoms with Gasteiger partial charge in [-0.05, 0) is 18.6 Å². The summed E-state index contributed by atoms with van der Waals surface area (Å²) in [7, 11) is 1.65. The molecule has 1 heterocycles. The Labute approximate surface area is 124 Å². The molecular weight excluding hydrogens is 274 g/mol. The molecule has 0 amide bonds. The molecule has 2 aromatic rings. The number of nitrogens with one attached hydrogen (secondary N) is 1. The maximum absolute atomic E-state index is 6.02. The van der Waals surface area contributed by atoms with Gasteiger partial charge < -0.3 is 10.1 Å². The van der Waals surface area contributed by atoms with Crippen molar-refractivity contribution in [2.24, 2.45) is 0 Å². The van der Waals surface area contributed by atoms with Crippen LogP contribution in [0.4, 0.5) is 5.82 Å². The number of rotatable bonds is 6. The van der Waals surface area contributed by atoms with E-state index in [1.54, 1.807) is 7.11 Å². The maximum atomic E-state index is 6.02. The summed E-state index contributed by atoms with van der Waals surface area (Å²) in [6.45, 7) is 3.44. The van der Waals surface area contributed by atoms with Crippen LogP contribution in [0.15, 0.2) is 30.3 Å². The average molecular weight is 292 g/mol. The van der Waals surface area contributed by atoms with E-state index in [4.69, 9.17) is 16.3 Å². The van der Waals surface area contributed by atoms with E-state index < -0.39 is 0 Å². The van der Waals surface area contributed by atoms with Crippen LogP contribution in [0.25, 0.3) is 11.4 Å². The molecule has 0 spiro atoms. The van der Waals surface area contributed by atoms with Crippen molar-refractivity contribution in [3.8, 4) is 11.4 Å². The van der Waals surface area contributed by atoms with Gasteiger partial charge in [-0.25, -0.2) is 9.97 Å². The van der Waals surface area contributed by atoms with E-state index in [1.165, 1.54) is 0 Å². The van der Waals surface area contributed by atoms with Crippen molar-refractivity contribution < 1.29 is 4.74 Å². The van der Waals surface area contributed by atoms with Crippen LogP contribution in [0.5, 0.6) is 0 Å². The first-order valence-electron chi connectivity index (χ1n) is 6.59. The van der Waals surface area contributed by atoms with Crippen LogP contribution in [0.3, 0.4) is 0 Å². The Morgan fingerprint density at radius 1 is 1.25 bits per heavy atom. The second-order valence-electron chi connectivity index (χ2n) is 4.44. The fraction of sp³-hybridized carbons (Fsp3) is 0.333. The number of hydrogen-bond donors (Lipinski definition) is 1. The van der Waals surface area contributed by atoms with Crippen LogP contribution in [0, 0.1) is 0 Å². The summed E-state index contributed by atoms with van der Waals surface area (Å²) >= 11 is 6.02. The summed E-state index contributed by atoms with van der Waals surface area (Å²) in [5.41, 5.74) is 1.74. The van der Waals surface area contributed by atoms with Crippen molar-refractivity contribution in [1.29, 1.82) is 0 Å². The lowest BCUT2D eigenvalue weighted by molar-refractivity contribution is 0.181. The Balaban J connectivity index is 2.37. The number of benzene rings is 1. The molecule has 0 radical (unpaired) electrons. The molecule has 0 aliphatic carbocycles. The predicted octanol–water partition coefficient (Wildman–Crippen LogP) is 3.77. The van der Waals surface area contributed by atoms with Crippen molar-refractivity contribution in [1.82, 2.24) is 9.97 Å². The zero-order chi connectivity index (χ0) is 14.4. The van der Waals surface area contributed by atoms with Gasteiger partial charge in [0, 0.05) is 30.3 Å². The van der Waals surface area contributed by atoms with Gasteiger partial charge in [-0.1, -0.05) is 30.7 Å². The zero-order valence-electron chi connectivity index (χ0n) is 11.7. The molecule has 0 saturated carbocycles. The minimum Gasteiger partial charge on any atom is -0.378 e. The average Bonchev–Trinajstić information content (AvgIpc) is 2.45. The van der Waals surface area contributed by atoms with Crippen molar-refractivity contribution in [2.75, 3.05) is 19.0 Å². The van der Waals surface area contributed by atoms with Crippen LogP contribution in [-0.4, -0.2) is 23.6 Å². The molecular formula is C15H18ClN3O. The third kappa shape index (κ3) is 3.92. The summed E-state index contributed by atoms with van der Waals surface area (Å²) in [4.78, 5) is 9.04. The van der Waals surface area contributed by atoms with Gasteiger partial charge in [0.15, 0.2) is 5.82 Å². The van der Waals surface area contributed by atoms with E-state index in [1.807, 2.05) is 30.3 Å². The Kier molecular flexibility index (Phi) is 5.32. The standard InChI is InChI=1S/C15H18ClN3O/c1-3-7-17-14-9-13(10-20-2)18-15(19-14)11-5-4-6-12(16)8-11/h4-6,8-9H,3,7,10H2,1-2H3,(H,17,18,19). The molecule has 0 bridgehead atoms. The van der Waals surface area contributed by atoms with Gasteiger partial charge in [-0.2, -0.15) is 0 Å². The molecule has 0 aliphatic heterocycles. The molecule has 5 heteroatoms. The SMILES string of the molecule is CCCNc1cc(COC)nc(-c2cccc(Cl)c2)n1. The normalized spacial score (nSPS) is 10.6. The topological polar surface area (TPSA) is 47.0 Å². The lowest BCUT2D eigenvalue weighted by Gasteiger charge is -2.09. The van der Waals surface area contributed by atoms with Crippen LogP contribution >= 0.6 is 11.6 Å². The third-order valence-corrected chi connectivity index (χ3v) is 2.95. The monoisotopic (exact) mass is 291 g/mol. The smallest absolute Gasteiger partial charge is 0.161 e. The summed E-state index contributed by atoms with van der Waals surface area (Å²) < 4.78 is 5.16. The van der Waals surface area contributed by atoms with Gasteiger partial charge in [-0.3, -0.25) is 0 Å². The minimum atomic E-state index is 0.455. The van der Waals surface area contributed by atoms with Gasteiger partial charge in [0.05, 0.1) is 12.3 Å². The first-order chi connectivity index (χ1) is 9.72. The number of halogens is 1. The second kappa shape index (κ2) is 7.22. The minimum absolute atomic E-state index is 0.455. The fourth-order valence-corrected chi connectivity index (χ4v) is 2.01. The largest absolute Gasteiger partial charge is 0.378 e. The number of aromatic nitrogens is 2. The number of ether oxygens (including phenoxy) is 1. The van der Waals surface area contributed by atoms with E-state index in [0.717, 1.165) is 30.0 Å². The Morgan fingerprint density at radius 3 is 2.80 bits per heavy atom. The molecule has 1 N–H and O–H groups in total. The zero-order valence-corrected chi connectivity index (χ0v) is 12.4. The lowest BCUT2D eigenvalue weighted by atomic mass is 10.2. The number of anilines is 1. The molecule has 0 fully saturated rings. The third-order valence-electron chi connectivity index (χ3n) is 2.71. The summed E-state index contributed by atoms with van der Waals surface area (Å²) in [6, 6.07) is 9.44. The van der Waals surface area contributed by atoms with E-state index in [-0.39, 0.29) is 0 Å². The molecule has 4 nitrogen and oxygen atoms in total. The van der Waals surface area contributed by atoms with E-state index >= 15 is 0 Å². The molecule has 0 unspecified atom stereocenters. The first kappa shape index (κ1) is 14.8. The molecule has 20 heavy (non-hydrogen) atoms. The van der Waals surface area contributed by atoms with Crippen LogP contribution in [0.1, 0.15) is 19.0 Å². The molecule has 1 aromatic heterocycles. The Hall–Kier alpha value is -1.65. The molecule has 0 aliphatic rings. The maximum Gasteiger partial charge on any atom is 0.161 e. The number of nitrogens with zero attached hydrogens (tertiary/aromatic N) is 2. The van der Waals surface area contributed by atoms with Gasteiger partial charge in [0.2, 0.25) is 0 Å². The van der Waals surface area contributed by atoms with Gasteiger partial charge in [0.1, 0.15) is 5.82 Å². The van der Waals surface area contributed by atoms with Crippen LogP contribution in [0.2, 0.25) is 5.02 Å². The second-order valence-corrected chi connectivity index (χ2v) is 4.87. The van der Waals surface area contributed by atoms with E-state index in [9.17, 15) is 0 Å². The summed E-state index contributed by atoms with van der Waals surface area (Å²) in [5, 5.41) is 3.95. The van der Waals surface area contributed by atoms with Crippen LogP contribution in [-0.2, 0) is 11.3 Å². The van der Waals surface area contributed by atoms with Gasteiger partial charge in [-0.15, -0.1) is 0 Å². The molecule has 0 atom stereocenters. The summed E-state index contributed by atoms with van der Waals surface area (Å²) in [6.07, 6.45) is 1.04. The van der Waals surface area contributed by atoms with Gasteiger partial charge in [0.25, 0.3) is 0 Å². The van der Waals surface area contributed by atoms with Crippen molar-refractivity contribution >= 4 is 17.4 Å². The molecule has 106 valence electrons. The van der Waals surface area contributed by atoms with E-state index in [2.05, 4.69) is 22.2 Å². The van der Waals surface area contributed by atoms with E-state index in [0.29, 0.717) is 17.5 Å². The highest BCUT2D eigenvalue weighted by molar-refractivity contribution is 6.30. The lowest BCUT2D eigenvalue weighted by Crippen LogP contribution is -2.06. The molecule has 1 aromatic carbocycles. The molecule has 2 rings (SSSR count). The molecule has 0 saturated heterocycles. The summed E-state index contributed by atoms with van der Waals surface area (Å²) in [5.74, 6) is 1.46. The Bertz CT molecular complexity index is 575. The van der Waals surface area contributed by atoms with Crippen molar-refractivity contribution in [3.63, 3.8) is 0 Å². The predicted molar refractivity (Wildman–Crippen MR) is 82.0 cm³/mol. The highest BCUT2D eigenvalue weighted by Crippen LogP contribution is 2.21. The number of hydrogen-bond acceptors (Lipinski definition) is 4.